The van der Waals surface area contributed by atoms with Crippen LogP contribution in [0, 0.1) is 11.8 Å². The molecule has 3 nitrogen and oxygen atoms in total. The first kappa shape index (κ1) is 8.05. The van der Waals surface area contributed by atoms with Crippen molar-refractivity contribution in [2.45, 2.75) is 19.3 Å². The van der Waals surface area contributed by atoms with Gasteiger partial charge in [0, 0.05) is 13.1 Å². The summed E-state index contributed by atoms with van der Waals surface area (Å²) in [7, 11) is 0. The first-order valence-corrected chi connectivity index (χ1v) is 4.70. The molecule has 0 aromatic carbocycles. The van der Waals surface area contributed by atoms with Gasteiger partial charge in [0.15, 0.2) is 0 Å². The molecule has 1 aliphatic heterocycles. The molecule has 0 radical (unpaired) electrons. The third kappa shape index (κ3) is 1.46. The van der Waals surface area contributed by atoms with Crippen LogP contribution >= 0.6 is 0 Å². The number of aliphatic carboxylic acids is 1. The number of nitrogens with zero attached hydrogens (tertiary/aromatic N) is 1. The lowest BCUT2D eigenvalue weighted by Crippen LogP contribution is -2.28. The highest BCUT2D eigenvalue weighted by Crippen LogP contribution is 2.37. The number of hydrogen-bond acceptors (Lipinski definition) is 2. The van der Waals surface area contributed by atoms with Crippen LogP contribution in [0.2, 0.25) is 0 Å². The molecule has 1 saturated carbocycles. The van der Waals surface area contributed by atoms with Crippen LogP contribution in [-0.2, 0) is 4.79 Å². The molecule has 1 N–H and O–H groups in total. The van der Waals surface area contributed by atoms with Gasteiger partial charge in [-0.05, 0) is 24.7 Å². The van der Waals surface area contributed by atoms with Crippen LogP contribution in [0.1, 0.15) is 19.3 Å². The van der Waals surface area contributed by atoms with Crippen LogP contribution in [0.4, 0.5) is 0 Å². The van der Waals surface area contributed by atoms with Gasteiger partial charge >= 0.3 is 5.97 Å². The Balaban J connectivity index is 1.86. The molecular weight excluding hydrogens is 154 g/mol. The Morgan fingerprint density at radius 2 is 1.92 bits per heavy atom. The molecule has 2 atom stereocenters. The summed E-state index contributed by atoms with van der Waals surface area (Å²) in [5.41, 5.74) is 0. The zero-order chi connectivity index (χ0) is 8.55. The van der Waals surface area contributed by atoms with Crippen molar-refractivity contribution in [2.24, 2.45) is 11.8 Å². The molecule has 0 spiro atoms. The van der Waals surface area contributed by atoms with Gasteiger partial charge in [-0.15, -0.1) is 0 Å². The van der Waals surface area contributed by atoms with Crippen LogP contribution in [0.3, 0.4) is 0 Å². The summed E-state index contributed by atoms with van der Waals surface area (Å²) >= 11 is 0. The maximum absolute atomic E-state index is 10.4. The molecule has 0 aromatic heterocycles. The lowest BCUT2D eigenvalue weighted by Gasteiger charge is -2.12. The minimum Gasteiger partial charge on any atom is -0.480 e. The van der Waals surface area contributed by atoms with Crippen LogP contribution in [0.5, 0.6) is 0 Å². The Kier molecular flexibility index (Phi) is 2.05. The third-order valence-electron chi connectivity index (χ3n) is 3.16. The lowest BCUT2D eigenvalue weighted by atomic mass is 10.0. The third-order valence-corrected chi connectivity index (χ3v) is 3.16. The number of hydrogen-bond donors (Lipinski definition) is 1. The number of carboxylic acid groups (broad SMARTS) is 1. The van der Waals surface area contributed by atoms with E-state index in [0.717, 1.165) is 24.9 Å². The fraction of sp³-hybridized carbons (Fsp3) is 0.889. The van der Waals surface area contributed by atoms with Gasteiger partial charge in [-0.2, -0.15) is 0 Å². The van der Waals surface area contributed by atoms with Crippen molar-refractivity contribution in [3.63, 3.8) is 0 Å². The summed E-state index contributed by atoms with van der Waals surface area (Å²) in [6, 6.07) is 0. The highest BCUT2D eigenvalue weighted by atomic mass is 16.4. The smallest absolute Gasteiger partial charge is 0.317 e. The predicted octanol–water partition coefficient (Wildman–Crippen LogP) is 0.803. The van der Waals surface area contributed by atoms with Crippen LogP contribution < -0.4 is 0 Å². The molecule has 3 heteroatoms. The van der Waals surface area contributed by atoms with E-state index >= 15 is 0 Å². The predicted molar refractivity (Wildman–Crippen MR) is 44.9 cm³/mol. The number of carbonyl (C=O) groups is 1. The fourth-order valence-electron chi connectivity index (χ4n) is 2.65. The Hall–Kier alpha value is -0.570. The Bertz CT molecular complexity index is 181. The van der Waals surface area contributed by atoms with Gasteiger partial charge < -0.3 is 5.11 Å². The van der Waals surface area contributed by atoms with Crippen molar-refractivity contribution < 1.29 is 9.90 Å². The van der Waals surface area contributed by atoms with E-state index in [1.807, 2.05) is 0 Å². The zero-order valence-electron chi connectivity index (χ0n) is 7.20. The Morgan fingerprint density at radius 1 is 1.33 bits per heavy atom. The molecule has 0 aromatic rings. The topological polar surface area (TPSA) is 40.5 Å². The first-order valence-electron chi connectivity index (χ1n) is 4.70. The second-order valence-corrected chi connectivity index (χ2v) is 4.04. The fourth-order valence-corrected chi connectivity index (χ4v) is 2.65. The highest BCUT2D eigenvalue weighted by molar-refractivity contribution is 5.69. The van der Waals surface area contributed by atoms with Crippen molar-refractivity contribution in [1.82, 2.24) is 4.90 Å². The molecule has 0 amide bonds. The molecule has 68 valence electrons. The van der Waals surface area contributed by atoms with Crippen LogP contribution in [0.25, 0.3) is 0 Å². The second kappa shape index (κ2) is 3.05. The molecule has 1 heterocycles. The van der Waals surface area contributed by atoms with Crippen molar-refractivity contribution in [2.75, 3.05) is 19.6 Å². The van der Waals surface area contributed by atoms with Crippen molar-refractivity contribution in [1.29, 1.82) is 0 Å². The number of fused-ring (bicyclic) bond motifs is 1. The van der Waals surface area contributed by atoms with Gasteiger partial charge in [-0.3, -0.25) is 9.69 Å². The molecule has 12 heavy (non-hydrogen) atoms. The van der Waals surface area contributed by atoms with Crippen molar-refractivity contribution in [3.05, 3.63) is 0 Å². The largest absolute Gasteiger partial charge is 0.480 e. The number of rotatable bonds is 2. The van der Waals surface area contributed by atoms with Gasteiger partial charge in [0.05, 0.1) is 6.54 Å². The lowest BCUT2D eigenvalue weighted by molar-refractivity contribution is -0.138. The monoisotopic (exact) mass is 169 g/mol. The summed E-state index contributed by atoms with van der Waals surface area (Å²) in [6.07, 6.45) is 4.00. The first-order chi connectivity index (χ1) is 5.75. The van der Waals surface area contributed by atoms with E-state index in [0.29, 0.717) is 0 Å². The van der Waals surface area contributed by atoms with E-state index < -0.39 is 5.97 Å². The van der Waals surface area contributed by atoms with E-state index in [2.05, 4.69) is 4.90 Å². The molecule has 2 unspecified atom stereocenters. The van der Waals surface area contributed by atoms with E-state index in [-0.39, 0.29) is 6.54 Å². The maximum Gasteiger partial charge on any atom is 0.317 e. The second-order valence-electron chi connectivity index (χ2n) is 4.04. The quantitative estimate of drug-likeness (QED) is 0.664. The molecule has 2 rings (SSSR count). The van der Waals surface area contributed by atoms with E-state index in [1.165, 1.54) is 19.3 Å². The molecule has 2 aliphatic rings. The Morgan fingerprint density at radius 3 is 2.42 bits per heavy atom. The van der Waals surface area contributed by atoms with Gasteiger partial charge in [-0.1, -0.05) is 6.42 Å². The van der Waals surface area contributed by atoms with Gasteiger partial charge in [0.1, 0.15) is 0 Å². The van der Waals surface area contributed by atoms with E-state index in [1.54, 1.807) is 0 Å². The molecule has 1 aliphatic carbocycles. The average Bonchev–Trinajstić information content (AvgIpc) is 2.43. The van der Waals surface area contributed by atoms with Gasteiger partial charge in [0.2, 0.25) is 0 Å². The maximum atomic E-state index is 10.4. The summed E-state index contributed by atoms with van der Waals surface area (Å²) in [5.74, 6) is 0.934. The summed E-state index contributed by atoms with van der Waals surface area (Å²) in [5, 5.41) is 8.60. The van der Waals surface area contributed by atoms with Crippen molar-refractivity contribution >= 4 is 5.97 Å². The Labute approximate surface area is 72.4 Å². The molecule has 0 bridgehead atoms. The van der Waals surface area contributed by atoms with E-state index in [9.17, 15) is 4.79 Å². The summed E-state index contributed by atoms with van der Waals surface area (Å²) < 4.78 is 0. The van der Waals surface area contributed by atoms with Gasteiger partial charge in [0.25, 0.3) is 0 Å². The number of likely N-dealkylation sites (tertiary alicyclic amines) is 1. The highest BCUT2D eigenvalue weighted by Gasteiger charge is 2.36. The zero-order valence-corrected chi connectivity index (χ0v) is 7.20. The van der Waals surface area contributed by atoms with Crippen LogP contribution in [-0.4, -0.2) is 35.6 Å². The summed E-state index contributed by atoms with van der Waals surface area (Å²) in [6.45, 7) is 2.29. The number of carboxylic acids is 1. The SMILES string of the molecule is O=C(O)CN1CC2CCCC2C1. The van der Waals surface area contributed by atoms with E-state index in [4.69, 9.17) is 5.11 Å². The molecule has 1 saturated heterocycles. The average molecular weight is 169 g/mol. The molecular formula is C9H15NO2. The minimum atomic E-state index is -0.685. The van der Waals surface area contributed by atoms with Crippen molar-refractivity contribution in [3.8, 4) is 0 Å². The molecule has 2 fully saturated rings. The standard InChI is InChI=1S/C9H15NO2/c11-9(12)6-10-4-7-2-1-3-8(7)5-10/h7-8H,1-6H2,(H,11,12). The summed E-state index contributed by atoms with van der Waals surface area (Å²) in [4.78, 5) is 12.5. The normalized spacial score (nSPS) is 35.3. The van der Waals surface area contributed by atoms with Gasteiger partial charge in [-0.25, -0.2) is 0 Å². The minimum absolute atomic E-state index is 0.243. The van der Waals surface area contributed by atoms with Crippen LogP contribution in [0.15, 0.2) is 0 Å².